The molecule has 0 atom stereocenters. The van der Waals surface area contributed by atoms with Gasteiger partial charge in [0.05, 0.1) is 12.1 Å². The Balaban J connectivity index is 1.60. The number of aromatic nitrogens is 3. The van der Waals surface area contributed by atoms with Crippen LogP contribution in [0.1, 0.15) is 55.0 Å². The van der Waals surface area contributed by atoms with Crippen molar-refractivity contribution >= 4 is 11.7 Å². The lowest BCUT2D eigenvalue weighted by Gasteiger charge is -2.04. The van der Waals surface area contributed by atoms with Crippen molar-refractivity contribution in [2.45, 2.75) is 44.4 Å². The predicted octanol–water partition coefficient (Wildman–Crippen LogP) is 3.58. The van der Waals surface area contributed by atoms with Crippen LogP contribution in [0, 0.1) is 0 Å². The molecule has 23 heavy (non-hydrogen) atoms. The number of carbonyl (C=O) groups excluding carboxylic acids is 1. The molecule has 1 saturated carbocycles. The fourth-order valence-electron chi connectivity index (χ4n) is 2.93. The van der Waals surface area contributed by atoms with E-state index in [9.17, 15) is 13.6 Å². The van der Waals surface area contributed by atoms with Crippen LogP contribution >= 0.6 is 0 Å². The van der Waals surface area contributed by atoms with Crippen LogP contribution in [-0.4, -0.2) is 21.1 Å². The van der Waals surface area contributed by atoms with Crippen molar-refractivity contribution in [1.82, 2.24) is 15.2 Å². The van der Waals surface area contributed by atoms with Crippen molar-refractivity contribution in [1.29, 1.82) is 0 Å². The Labute approximate surface area is 132 Å². The minimum absolute atomic E-state index is 0.0633. The summed E-state index contributed by atoms with van der Waals surface area (Å²) in [6.07, 6.45) is 3.37. The van der Waals surface area contributed by atoms with Gasteiger partial charge in [-0.2, -0.15) is 5.10 Å². The Morgan fingerprint density at radius 3 is 2.87 bits per heavy atom. The first-order valence-corrected chi connectivity index (χ1v) is 7.70. The average Bonchev–Trinajstić information content (AvgIpc) is 3.18. The van der Waals surface area contributed by atoms with Gasteiger partial charge in [0, 0.05) is 29.4 Å². The number of rotatable bonds is 5. The number of pyridine rings is 1. The van der Waals surface area contributed by atoms with Gasteiger partial charge in [-0.05, 0) is 25.0 Å². The second-order valence-corrected chi connectivity index (χ2v) is 5.80. The van der Waals surface area contributed by atoms with Gasteiger partial charge in [-0.1, -0.05) is 12.8 Å². The molecule has 0 radical (unpaired) electrons. The zero-order valence-electron chi connectivity index (χ0n) is 12.6. The maximum atomic E-state index is 12.6. The molecule has 1 fully saturated rings. The summed E-state index contributed by atoms with van der Waals surface area (Å²) < 4.78 is 25.3. The standard InChI is InChI=1S/C16H18F2N4O/c17-16(18)11-5-6-19-12(7-11)8-15(23)20-14-9-13(21-22-14)10-3-1-2-4-10/h5-7,9-10,16H,1-4,8H2,(H2,20,21,22,23). The molecule has 1 aliphatic rings. The molecular weight excluding hydrogens is 302 g/mol. The maximum Gasteiger partial charge on any atom is 0.263 e. The zero-order valence-corrected chi connectivity index (χ0v) is 12.6. The number of carbonyl (C=O) groups is 1. The highest BCUT2D eigenvalue weighted by Gasteiger charge is 2.19. The summed E-state index contributed by atoms with van der Waals surface area (Å²) in [6.45, 7) is 0. The molecule has 2 aromatic heterocycles. The summed E-state index contributed by atoms with van der Waals surface area (Å²) in [5, 5.41) is 9.73. The SMILES string of the molecule is O=C(Cc1cc(C(F)F)ccn1)Nc1cc(C2CCCC2)[nH]n1. The Morgan fingerprint density at radius 2 is 2.13 bits per heavy atom. The van der Waals surface area contributed by atoms with Gasteiger partial charge in [0.2, 0.25) is 5.91 Å². The molecule has 2 aromatic rings. The predicted molar refractivity (Wildman–Crippen MR) is 81.3 cm³/mol. The number of nitrogens with zero attached hydrogens (tertiary/aromatic N) is 2. The highest BCUT2D eigenvalue weighted by atomic mass is 19.3. The van der Waals surface area contributed by atoms with Crippen LogP contribution in [-0.2, 0) is 11.2 Å². The fourth-order valence-corrected chi connectivity index (χ4v) is 2.93. The van der Waals surface area contributed by atoms with Crippen LogP contribution in [0.25, 0.3) is 0 Å². The Bertz CT molecular complexity index is 680. The first-order chi connectivity index (χ1) is 11.1. The molecule has 0 bridgehead atoms. The minimum Gasteiger partial charge on any atom is -0.309 e. The molecule has 1 aliphatic carbocycles. The average molecular weight is 320 g/mol. The number of nitrogens with one attached hydrogen (secondary N) is 2. The topological polar surface area (TPSA) is 70.7 Å². The number of anilines is 1. The highest BCUT2D eigenvalue weighted by Crippen LogP contribution is 2.33. The number of aromatic amines is 1. The minimum atomic E-state index is -2.57. The van der Waals surface area contributed by atoms with Crippen LogP contribution in [0.5, 0.6) is 0 Å². The van der Waals surface area contributed by atoms with E-state index in [4.69, 9.17) is 0 Å². The molecule has 122 valence electrons. The summed E-state index contributed by atoms with van der Waals surface area (Å²) in [6, 6.07) is 4.34. The quantitative estimate of drug-likeness (QED) is 0.884. The molecule has 0 aromatic carbocycles. The monoisotopic (exact) mass is 320 g/mol. The van der Waals surface area contributed by atoms with Crippen molar-refractivity contribution in [2.75, 3.05) is 5.32 Å². The van der Waals surface area contributed by atoms with E-state index in [-0.39, 0.29) is 17.9 Å². The van der Waals surface area contributed by atoms with Crippen LogP contribution in [0.4, 0.5) is 14.6 Å². The lowest BCUT2D eigenvalue weighted by molar-refractivity contribution is -0.115. The number of halogens is 2. The molecule has 3 rings (SSSR count). The van der Waals surface area contributed by atoms with Crippen LogP contribution in [0.15, 0.2) is 24.4 Å². The van der Waals surface area contributed by atoms with Crippen molar-refractivity contribution in [3.05, 3.63) is 41.3 Å². The number of alkyl halides is 2. The van der Waals surface area contributed by atoms with E-state index >= 15 is 0 Å². The molecule has 1 amide bonds. The molecule has 2 heterocycles. The summed E-state index contributed by atoms with van der Waals surface area (Å²) in [7, 11) is 0. The van der Waals surface area contributed by atoms with E-state index in [0.717, 1.165) is 18.5 Å². The number of amides is 1. The van der Waals surface area contributed by atoms with E-state index in [0.29, 0.717) is 17.4 Å². The molecule has 0 aliphatic heterocycles. The van der Waals surface area contributed by atoms with Gasteiger partial charge < -0.3 is 5.32 Å². The first-order valence-electron chi connectivity index (χ1n) is 7.70. The Hall–Kier alpha value is -2.31. The molecule has 7 heteroatoms. The second-order valence-electron chi connectivity index (χ2n) is 5.80. The lowest BCUT2D eigenvalue weighted by atomic mass is 10.0. The largest absolute Gasteiger partial charge is 0.309 e. The maximum absolute atomic E-state index is 12.6. The Kier molecular flexibility index (Phi) is 4.64. The fraction of sp³-hybridized carbons (Fsp3) is 0.438. The van der Waals surface area contributed by atoms with E-state index < -0.39 is 6.43 Å². The van der Waals surface area contributed by atoms with Crippen LogP contribution in [0.2, 0.25) is 0 Å². The molecule has 0 unspecified atom stereocenters. The lowest BCUT2D eigenvalue weighted by Crippen LogP contribution is -2.15. The van der Waals surface area contributed by atoms with Crippen molar-refractivity contribution < 1.29 is 13.6 Å². The first kappa shape index (κ1) is 15.6. The van der Waals surface area contributed by atoms with E-state index in [2.05, 4.69) is 20.5 Å². The number of H-pyrrole nitrogens is 1. The van der Waals surface area contributed by atoms with Gasteiger partial charge in [0.1, 0.15) is 0 Å². The van der Waals surface area contributed by atoms with Gasteiger partial charge >= 0.3 is 0 Å². The normalized spacial score (nSPS) is 15.3. The smallest absolute Gasteiger partial charge is 0.263 e. The summed E-state index contributed by atoms with van der Waals surface area (Å²) >= 11 is 0. The van der Waals surface area contributed by atoms with E-state index in [1.54, 1.807) is 0 Å². The molecule has 0 saturated heterocycles. The molecule has 2 N–H and O–H groups in total. The third-order valence-corrected chi connectivity index (χ3v) is 4.09. The number of hydrogen-bond donors (Lipinski definition) is 2. The van der Waals surface area contributed by atoms with Crippen molar-refractivity contribution in [2.24, 2.45) is 0 Å². The van der Waals surface area contributed by atoms with Gasteiger partial charge in [0.25, 0.3) is 6.43 Å². The van der Waals surface area contributed by atoms with Crippen molar-refractivity contribution in [3.8, 4) is 0 Å². The van der Waals surface area contributed by atoms with E-state index in [1.807, 2.05) is 6.07 Å². The summed E-state index contributed by atoms with van der Waals surface area (Å²) in [5.74, 6) is 0.618. The number of hydrogen-bond acceptors (Lipinski definition) is 3. The third kappa shape index (κ3) is 3.91. The van der Waals surface area contributed by atoms with Gasteiger partial charge in [-0.3, -0.25) is 14.9 Å². The van der Waals surface area contributed by atoms with E-state index in [1.165, 1.54) is 31.2 Å². The summed E-state index contributed by atoms with van der Waals surface area (Å²) in [4.78, 5) is 16.0. The second kappa shape index (κ2) is 6.85. The summed E-state index contributed by atoms with van der Waals surface area (Å²) in [5.41, 5.74) is 1.22. The zero-order chi connectivity index (χ0) is 16.2. The highest BCUT2D eigenvalue weighted by molar-refractivity contribution is 5.91. The van der Waals surface area contributed by atoms with Crippen molar-refractivity contribution in [3.63, 3.8) is 0 Å². The molecule has 0 spiro atoms. The van der Waals surface area contributed by atoms with Gasteiger partial charge in [0.15, 0.2) is 5.82 Å². The molecule has 5 nitrogen and oxygen atoms in total. The van der Waals surface area contributed by atoms with Gasteiger partial charge in [-0.15, -0.1) is 0 Å². The molecular formula is C16H18F2N4O. The van der Waals surface area contributed by atoms with Gasteiger partial charge in [-0.25, -0.2) is 8.78 Å². The third-order valence-electron chi connectivity index (χ3n) is 4.09. The van der Waals surface area contributed by atoms with Crippen LogP contribution < -0.4 is 5.32 Å². The Morgan fingerprint density at radius 1 is 1.35 bits per heavy atom. The van der Waals surface area contributed by atoms with Crippen LogP contribution in [0.3, 0.4) is 0 Å².